The standard InChI is InChI=1S/C24H25N5O4.C6H6.CH4/c1-24(2,3)19-15-20(26-22(31)25-17-9-5-4-6-10-17)29(27-19)18-11-7-8-16(14-18)21(30)28-12-13-33-23(28)32;1-2-4-6-5-3-1;/h4-11,14-15H,12-13H2,1-3H3,(H2,25,26,31);1-6H;1H4. The van der Waals surface area contributed by atoms with Gasteiger partial charge in [0, 0.05) is 22.7 Å². The Bertz CT molecular complexity index is 1400. The normalized spacial score (nSPS) is 12.4. The maximum absolute atomic E-state index is 12.8. The summed E-state index contributed by atoms with van der Waals surface area (Å²) in [6.45, 7) is 6.46. The second kappa shape index (κ2) is 13.2. The van der Waals surface area contributed by atoms with Crippen molar-refractivity contribution in [3.63, 3.8) is 0 Å². The van der Waals surface area contributed by atoms with Crippen molar-refractivity contribution < 1.29 is 19.1 Å². The molecule has 0 spiro atoms. The van der Waals surface area contributed by atoms with Crippen LogP contribution in [-0.4, -0.2) is 45.9 Å². The molecule has 4 aromatic rings. The number of nitrogens with zero attached hydrogens (tertiary/aromatic N) is 3. The minimum Gasteiger partial charge on any atom is -0.447 e. The van der Waals surface area contributed by atoms with E-state index in [0.29, 0.717) is 22.8 Å². The van der Waals surface area contributed by atoms with Crippen molar-refractivity contribution in [2.45, 2.75) is 33.6 Å². The second-order valence-electron chi connectivity index (χ2n) is 9.80. The first kappa shape index (κ1) is 29.6. The number of nitrogens with one attached hydrogen (secondary N) is 2. The third-order valence-electron chi connectivity index (χ3n) is 5.76. The molecular formula is C31H35N5O4. The molecule has 0 unspecified atom stereocenters. The highest BCUT2D eigenvalue weighted by atomic mass is 16.6. The minimum absolute atomic E-state index is 0. The molecule has 0 aliphatic carbocycles. The molecule has 0 bridgehead atoms. The number of rotatable bonds is 4. The first-order chi connectivity index (χ1) is 18.7. The van der Waals surface area contributed by atoms with Crippen LogP contribution in [0, 0.1) is 0 Å². The smallest absolute Gasteiger partial charge is 0.416 e. The van der Waals surface area contributed by atoms with E-state index in [1.165, 1.54) is 0 Å². The monoisotopic (exact) mass is 541 g/mol. The van der Waals surface area contributed by atoms with E-state index in [4.69, 9.17) is 4.74 Å². The highest BCUT2D eigenvalue weighted by Crippen LogP contribution is 2.27. The number of ether oxygens (including phenoxy) is 1. The number of benzene rings is 3. The summed E-state index contributed by atoms with van der Waals surface area (Å²) in [7, 11) is 0. The lowest BCUT2D eigenvalue weighted by Crippen LogP contribution is -2.31. The van der Waals surface area contributed by atoms with Gasteiger partial charge < -0.3 is 10.1 Å². The molecule has 9 heteroatoms. The number of carbonyl (C=O) groups excluding carboxylic acids is 3. The van der Waals surface area contributed by atoms with Gasteiger partial charge in [0.1, 0.15) is 12.4 Å². The van der Waals surface area contributed by atoms with Gasteiger partial charge in [0.15, 0.2) is 0 Å². The van der Waals surface area contributed by atoms with Gasteiger partial charge in [-0.1, -0.05) is 88.9 Å². The summed E-state index contributed by atoms with van der Waals surface area (Å²) in [5.74, 6) is -0.00239. The van der Waals surface area contributed by atoms with Crippen LogP contribution >= 0.6 is 0 Å². The number of para-hydroxylation sites is 1. The van der Waals surface area contributed by atoms with Crippen molar-refractivity contribution in [3.8, 4) is 5.69 Å². The Morgan fingerprint density at radius 2 is 1.48 bits per heavy atom. The number of imide groups is 1. The highest BCUT2D eigenvalue weighted by Gasteiger charge is 2.29. The summed E-state index contributed by atoms with van der Waals surface area (Å²) in [5.41, 5.74) is 2.03. The number of anilines is 2. The zero-order valence-electron chi connectivity index (χ0n) is 22.1. The Morgan fingerprint density at radius 3 is 2.05 bits per heavy atom. The first-order valence-corrected chi connectivity index (χ1v) is 12.5. The SMILES string of the molecule is C.CC(C)(C)c1cc(NC(=O)Nc2ccccc2)n(-c2cccc(C(=O)N3CCOC3=O)c2)n1.c1ccccc1. The molecule has 4 amide bonds. The molecule has 1 aromatic heterocycles. The van der Waals surface area contributed by atoms with Gasteiger partial charge in [-0.25, -0.2) is 19.2 Å². The molecule has 2 N–H and O–H groups in total. The molecule has 0 radical (unpaired) electrons. The Hall–Kier alpha value is -4.92. The van der Waals surface area contributed by atoms with Gasteiger partial charge in [-0.15, -0.1) is 0 Å². The van der Waals surface area contributed by atoms with Crippen LogP contribution < -0.4 is 10.6 Å². The molecule has 9 nitrogen and oxygen atoms in total. The van der Waals surface area contributed by atoms with E-state index in [2.05, 4.69) is 15.7 Å². The van der Waals surface area contributed by atoms with Crippen LogP contribution in [0.2, 0.25) is 0 Å². The summed E-state index contributed by atoms with van der Waals surface area (Å²) >= 11 is 0. The molecule has 1 saturated heterocycles. The topological polar surface area (TPSA) is 106 Å². The molecule has 1 aliphatic rings. The van der Waals surface area contributed by atoms with E-state index in [1.54, 1.807) is 47.1 Å². The summed E-state index contributed by atoms with van der Waals surface area (Å²) in [6.07, 6.45) is -0.653. The van der Waals surface area contributed by atoms with Crippen LogP contribution in [-0.2, 0) is 10.2 Å². The fraction of sp³-hybridized carbons (Fsp3) is 0.226. The van der Waals surface area contributed by atoms with Crippen LogP contribution in [0.1, 0.15) is 44.2 Å². The van der Waals surface area contributed by atoms with E-state index in [-0.39, 0.29) is 26.0 Å². The fourth-order valence-electron chi connectivity index (χ4n) is 3.72. The predicted molar refractivity (Wildman–Crippen MR) is 157 cm³/mol. The van der Waals surface area contributed by atoms with Gasteiger partial charge in [-0.3, -0.25) is 10.1 Å². The number of cyclic esters (lactones) is 1. The number of aromatic nitrogens is 2. The van der Waals surface area contributed by atoms with E-state index in [9.17, 15) is 14.4 Å². The van der Waals surface area contributed by atoms with E-state index in [1.807, 2.05) is 75.4 Å². The van der Waals surface area contributed by atoms with Gasteiger partial charge in [-0.2, -0.15) is 5.10 Å². The molecule has 40 heavy (non-hydrogen) atoms. The number of urea groups is 1. The third kappa shape index (κ3) is 7.57. The van der Waals surface area contributed by atoms with Gasteiger partial charge in [-0.05, 0) is 30.3 Å². The average Bonchev–Trinajstić information content (AvgIpc) is 3.56. The predicted octanol–water partition coefficient (Wildman–Crippen LogP) is 6.73. The lowest BCUT2D eigenvalue weighted by atomic mass is 9.92. The minimum atomic E-state index is -0.653. The van der Waals surface area contributed by atoms with Crippen LogP contribution in [0.4, 0.5) is 21.1 Å². The van der Waals surface area contributed by atoms with E-state index in [0.717, 1.165) is 10.6 Å². The third-order valence-corrected chi connectivity index (χ3v) is 5.76. The number of amides is 4. The van der Waals surface area contributed by atoms with Crippen molar-refractivity contribution in [2.75, 3.05) is 23.8 Å². The van der Waals surface area contributed by atoms with Crippen molar-refractivity contribution in [1.82, 2.24) is 14.7 Å². The Labute approximate surface area is 234 Å². The molecular weight excluding hydrogens is 506 g/mol. The van der Waals surface area contributed by atoms with Crippen LogP contribution in [0.3, 0.4) is 0 Å². The molecule has 208 valence electrons. The molecule has 0 saturated carbocycles. The van der Waals surface area contributed by atoms with Crippen LogP contribution in [0.5, 0.6) is 0 Å². The van der Waals surface area contributed by atoms with Crippen LogP contribution in [0.15, 0.2) is 97.1 Å². The van der Waals surface area contributed by atoms with E-state index >= 15 is 0 Å². The highest BCUT2D eigenvalue weighted by molar-refractivity contribution is 6.04. The number of carbonyl (C=O) groups is 3. The molecule has 1 fully saturated rings. The summed E-state index contributed by atoms with van der Waals surface area (Å²) in [6, 6.07) is 29.2. The average molecular weight is 542 g/mol. The maximum Gasteiger partial charge on any atom is 0.416 e. The van der Waals surface area contributed by atoms with Gasteiger partial charge in [0.05, 0.1) is 17.9 Å². The van der Waals surface area contributed by atoms with Crippen molar-refractivity contribution in [1.29, 1.82) is 0 Å². The van der Waals surface area contributed by atoms with Gasteiger partial charge in [0.25, 0.3) is 5.91 Å². The first-order valence-electron chi connectivity index (χ1n) is 12.5. The largest absolute Gasteiger partial charge is 0.447 e. The molecule has 5 rings (SSSR count). The quantitative estimate of drug-likeness (QED) is 0.298. The Kier molecular flexibility index (Phi) is 9.81. The zero-order valence-corrected chi connectivity index (χ0v) is 22.1. The summed E-state index contributed by atoms with van der Waals surface area (Å²) in [5, 5.41) is 10.3. The maximum atomic E-state index is 12.8. The Morgan fingerprint density at radius 1 is 0.850 bits per heavy atom. The summed E-state index contributed by atoms with van der Waals surface area (Å²) in [4.78, 5) is 38.3. The molecule has 3 aromatic carbocycles. The Balaban J connectivity index is 0.000000559. The molecule has 2 heterocycles. The molecule has 0 atom stereocenters. The molecule has 1 aliphatic heterocycles. The van der Waals surface area contributed by atoms with E-state index < -0.39 is 18.0 Å². The zero-order chi connectivity index (χ0) is 27.8. The number of hydrogen-bond acceptors (Lipinski definition) is 5. The second-order valence-corrected chi connectivity index (χ2v) is 9.80. The van der Waals surface area contributed by atoms with Gasteiger partial charge in [0.2, 0.25) is 0 Å². The lowest BCUT2D eigenvalue weighted by molar-refractivity contribution is 0.0809. The van der Waals surface area contributed by atoms with Crippen molar-refractivity contribution in [2.24, 2.45) is 0 Å². The van der Waals surface area contributed by atoms with Crippen molar-refractivity contribution in [3.05, 3.63) is 108 Å². The van der Waals surface area contributed by atoms with Crippen molar-refractivity contribution >= 4 is 29.5 Å². The van der Waals surface area contributed by atoms with Crippen LogP contribution in [0.25, 0.3) is 5.69 Å². The lowest BCUT2D eigenvalue weighted by Gasteiger charge is -2.14. The van der Waals surface area contributed by atoms with Gasteiger partial charge >= 0.3 is 12.1 Å². The number of hydrogen-bond donors (Lipinski definition) is 2. The summed E-state index contributed by atoms with van der Waals surface area (Å²) < 4.78 is 6.44. The fourth-order valence-corrected chi connectivity index (χ4v) is 3.72.